The standard InChI is InChI=1S/C14H12ClF2NS/c15-10-2-1-3-11(7-10)19-8-14(18)9-4-5-12(16)13(17)6-9/h1-7,14H,8,18H2. The monoisotopic (exact) mass is 299 g/mol. The van der Waals surface area contributed by atoms with Crippen molar-refractivity contribution in [2.24, 2.45) is 5.73 Å². The van der Waals surface area contributed by atoms with Crippen molar-refractivity contribution < 1.29 is 8.78 Å². The maximum Gasteiger partial charge on any atom is 0.159 e. The van der Waals surface area contributed by atoms with Gasteiger partial charge in [0, 0.05) is 21.7 Å². The largest absolute Gasteiger partial charge is 0.323 e. The number of halogens is 3. The van der Waals surface area contributed by atoms with Gasteiger partial charge in [-0.2, -0.15) is 0 Å². The van der Waals surface area contributed by atoms with Crippen LogP contribution < -0.4 is 5.73 Å². The Balaban J connectivity index is 2.01. The van der Waals surface area contributed by atoms with E-state index in [1.54, 1.807) is 6.07 Å². The predicted molar refractivity (Wildman–Crippen MR) is 75.5 cm³/mol. The molecule has 2 rings (SSSR count). The molecule has 0 aliphatic carbocycles. The van der Waals surface area contributed by atoms with Crippen LogP contribution in [-0.2, 0) is 0 Å². The zero-order valence-electron chi connectivity index (χ0n) is 9.95. The Kier molecular flexibility index (Phi) is 4.80. The molecule has 1 unspecified atom stereocenters. The molecule has 0 saturated heterocycles. The van der Waals surface area contributed by atoms with E-state index < -0.39 is 11.6 Å². The smallest absolute Gasteiger partial charge is 0.159 e. The van der Waals surface area contributed by atoms with Crippen LogP contribution in [0.3, 0.4) is 0 Å². The van der Waals surface area contributed by atoms with Gasteiger partial charge in [-0.15, -0.1) is 11.8 Å². The van der Waals surface area contributed by atoms with Gasteiger partial charge in [0.15, 0.2) is 11.6 Å². The lowest BCUT2D eigenvalue weighted by molar-refractivity contribution is 0.506. The summed E-state index contributed by atoms with van der Waals surface area (Å²) in [7, 11) is 0. The summed E-state index contributed by atoms with van der Waals surface area (Å²) in [5.74, 6) is -1.18. The first-order valence-electron chi connectivity index (χ1n) is 5.65. The van der Waals surface area contributed by atoms with Gasteiger partial charge in [-0.05, 0) is 35.9 Å². The van der Waals surface area contributed by atoms with E-state index >= 15 is 0 Å². The average Bonchev–Trinajstić information content (AvgIpc) is 2.39. The van der Waals surface area contributed by atoms with E-state index in [2.05, 4.69) is 0 Å². The molecule has 0 fully saturated rings. The molecule has 0 bridgehead atoms. The van der Waals surface area contributed by atoms with E-state index in [4.69, 9.17) is 17.3 Å². The van der Waals surface area contributed by atoms with Crippen LogP contribution in [0.2, 0.25) is 5.02 Å². The second kappa shape index (κ2) is 6.37. The van der Waals surface area contributed by atoms with Crippen LogP contribution in [0, 0.1) is 11.6 Å². The SMILES string of the molecule is NC(CSc1cccc(Cl)c1)c1ccc(F)c(F)c1. The molecule has 2 aromatic rings. The van der Waals surface area contributed by atoms with Gasteiger partial charge in [-0.3, -0.25) is 0 Å². The summed E-state index contributed by atoms with van der Waals surface area (Å²) >= 11 is 7.40. The van der Waals surface area contributed by atoms with Gasteiger partial charge in [0.05, 0.1) is 0 Å². The van der Waals surface area contributed by atoms with Gasteiger partial charge in [0.25, 0.3) is 0 Å². The summed E-state index contributed by atoms with van der Waals surface area (Å²) in [6.07, 6.45) is 0. The summed E-state index contributed by atoms with van der Waals surface area (Å²) in [4.78, 5) is 0.991. The van der Waals surface area contributed by atoms with Crippen molar-refractivity contribution in [3.05, 3.63) is 64.7 Å². The Hall–Kier alpha value is -1.10. The summed E-state index contributed by atoms with van der Waals surface area (Å²) in [6.45, 7) is 0. The van der Waals surface area contributed by atoms with E-state index in [0.29, 0.717) is 16.3 Å². The quantitative estimate of drug-likeness (QED) is 0.846. The third kappa shape index (κ3) is 3.93. The highest BCUT2D eigenvalue weighted by Gasteiger charge is 2.10. The van der Waals surface area contributed by atoms with Crippen LogP contribution in [0.25, 0.3) is 0 Å². The summed E-state index contributed by atoms with van der Waals surface area (Å²) in [5.41, 5.74) is 6.53. The highest BCUT2D eigenvalue weighted by Crippen LogP contribution is 2.26. The van der Waals surface area contributed by atoms with Crippen LogP contribution >= 0.6 is 23.4 Å². The predicted octanol–water partition coefficient (Wildman–Crippen LogP) is 4.41. The molecule has 0 spiro atoms. The zero-order chi connectivity index (χ0) is 13.8. The minimum atomic E-state index is -0.874. The Morgan fingerprint density at radius 3 is 2.58 bits per heavy atom. The normalized spacial score (nSPS) is 12.4. The second-order valence-corrected chi connectivity index (χ2v) is 5.58. The van der Waals surface area contributed by atoms with Crippen LogP contribution in [0.1, 0.15) is 11.6 Å². The molecule has 1 nitrogen and oxygen atoms in total. The lowest BCUT2D eigenvalue weighted by Gasteiger charge is -2.12. The molecule has 5 heteroatoms. The first-order chi connectivity index (χ1) is 9.06. The Morgan fingerprint density at radius 2 is 1.89 bits per heavy atom. The molecule has 0 aromatic heterocycles. The van der Waals surface area contributed by atoms with Crippen LogP contribution in [-0.4, -0.2) is 5.75 Å². The van der Waals surface area contributed by atoms with Crippen molar-refractivity contribution in [3.8, 4) is 0 Å². The molecule has 2 N–H and O–H groups in total. The zero-order valence-corrected chi connectivity index (χ0v) is 11.5. The summed E-state index contributed by atoms with van der Waals surface area (Å²) in [5, 5.41) is 0.659. The van der Waals surface area contributed by atoms with Crippen molar-refractivity contribution in [2.75, 3.05) is 5.75 Å². The number of hydrogen-bond acceptors (Lipinski definition) is 2. The van der Waals surface area contributed by atoms with Crippen LogP contribution in [0.5, 0.6) is 0 Å². The van der Waals surface area contributed by atoms with Gasteiger partial charge in [-0.1, -0.05) is 23.7 Å². The van der Waals surface area contributed by atoms with Crippen LogP contribution in [0.15, 0.2) is 47.4 Å². The van der Waals surface area contributed by atoms with Crippen LogP contribution in [0.4, 0.5) is 8.78 Å². The third-order valence-corrected chi connectivity index (χ3v) is 3.95. The minimum absolute atomic E-state index is 0.362. The third-order valence-electron chi connectivity index (χ3n) is 2.60. The van der Waals surface area contributed by atoms with Crippen molar-refractivity contribution in [3.63, 3.8) is 0 Å². The summed E-state index contributed by atoms with van der Waals surface area (Å²) in [6, 6.07) is 10.8. The average molecular weight is 300 g/mol. The van der Waals surface area contributed by atoms with Gasteiger partial charge in [-0.25, -0.2) is 8.78 Å². The molecule has 0 aliphatic heterocycles. The lowest BCUT2D eigenvalue weighted by Crippen LogP contribution is -2.13. The number of rotatable bonds is 4. The molecular formula is C14H12ClF2NS. The molecule has 0 amide bonds. The number of benzene rings is 2. The van der Waals surface area contributed by atoms with E-state index in [1.807, 2.05) is 18.2 Å². The van der Waals surface area contributed by atoms with E-state index in [1.165, 1.54) is 17.8 Å². The Morgan fingerprint density at radius 1 is 1.11 bits per heavy atom. The molecule has 0 radical (unpaired) electrons. The number of nitrogens with two attached hydrogens (primary N) is 1. The van der Waals surface area contributed by atoms with Crippen molar-refractivity contribution >= 4 is 23.4 Å². The van der Waals surface area contributed by atoms with Gasteiger partial charge < -0.3 is 5.73 Å². The fourth-order valence-corrected chi connectivity index (χ4v) is 2.79. The van der Waals surface area contributed by atoms with Crippen molar-refractivity contribution in [1.29, 1.82) is 0 Å². The number of thioether (sulfide) groups is 1. The molecule has 100 valence electrons. The Labute approximate surface area is 119 Å². The molecular weight excluding hydrogens is 288 g/mol. The second-order valence-electron chi connectivity index (χ2n) is 4.05. The topological polar surface area (TPSA) is 26.0 Å². The van der Waals surface area contributed by atoms with E-state index in [-0.39, 0.29) is 6.04 Å². The molecule has 0 heterocycles. The molecule has 0 saturated carbocycles. The van der Waals surface area contributed by atoms with Gasteiger partial charge >= 0.3 is 0 Å². The van der Waals surface area contributed by atoms with Crippen molar-refractivity contribution in [1.82, 2.24) is 0 Å². The highest BCUT2D eigenvalue weighted by atomic mass is 35.5. The van der Waals surface area contributed by atoms with Gasteiger partial charge in [0.2, 0.25) is 0 Å². The summed E-state index contributed by atoms with van der Waals surface area (Å²) < 4.78 is 25.9. The fraction of sp³-hybridized carbons (Fsp3) is 0.143. The fourth-order valence-electron chi connectivity index (χ4n) is 1.58. The lowest BCUT2D eigenvalue weighted by atomic mass is 10.1. The first-order valence-corrected chi connectivity index (χ1v) is 7.01. The van der Waals surface area contributed by atoms with Crippen molar-refractivity contribution in [2.45, 2.75) is 10.9 Å². The maximum absolute atomic E-state index is 13.1. The maximum atomic E-state index is 13.1. The number of hydrogen-bond donors (Lipinski definition) is 1. The highest BCUT2D eigenvalue weighted by molar-refractivity contribution is 7.99. The molecule has 2 aromatic carbocycles. The van der Waals surface area contributed by atoms with E-state index in [0.717, 1.165) is 17.0 Å². The van der Waals surface area contributed by atoms with Gasteiger partial charge in [0.1, 0.15) is 0 Å². The minimum Gasteiger partial charge on any atom is -0.323 e. The molecule has 19 heavy (non-hydrogen) atoms. The Bertz CT molecular complexity index is 577. The first kappa shape index (κ1) is 14.3. The molecule has 1 atom stereocenters. The van der Waals surface area contributed by atoms with E-state index in [9.17, 15) is 8.78 Å². The molecule has 0 aliphatic rings.